The Bertz CT molecular complexity index is 301. The Balaban J connectivity index is 4.46. The van der Waals surface area contributed by atoms with E-state index < -0.39 is 17.7 Å². The molecule has 2 N–H and O–H groups in total. The Hall–Kier alpha value is -0.690. The van der Waals surface area contributed by atoms with Gasteiger partial charge in [0.25, 0.3) is 0 Å². The van der Waals surface area contributed by atoms with E-state index in [1.165, 1.54) is 0 Å². The molecule has 6 nitrogen and oxygen atoms in total. The van der Waals surface area contributed by atoms with Gasteiger partial charge >= 0.3 is 5.97 Å². The maximum Gasteiger partial charge on any atom is 0.341 e. The monoisotopic (exact) mass is 320 g/mol. The number of carbonyl (C=O) groups excluding carboxylic acids is 1. The lowest BCUT2D eigenvalue weighted by Crippen LogP contribution is -2.43. The SMILES string of the molecule is CCC(CCC(C)OO)(OO)C(=O)OCC(C)CCC(C)C. The molecule has 132 valence electrons. The highest BCUT2D eigenvalue weighted by molar-refractivity contribution is 5.79. The van der Waals surface area contributed by atoms with Crippen LogP contribution in [0.3, 0.4) is 0 Å². The first-order valence-corrected chi connectivity index (χ1v) is 8.11. The summed E-state index contributed by atoms with van der Waals surface area (Å²) in [4.78, 5) is 20.9. The first-order chi connectivity index (χ1) is 10.3. The Morgan fingerprint density at radius 3 is 2.18 bits per heavy atom. The fraction of sp³-hybridized carbons (Fsp3) is 0.938. The van der Waals surface area contributed by atoms with Gasteiger partial charge in [-0.05, 0) is 44.4 Å². The molecule has 0 saturated carbocycles. The zero-order chi connectivity index (χ0) is 17.2. The van der Waals surface area contributed by atoms with Crippen LogP contribution >= 0.6 is 0 Å². The van der Waals surface area contributed by atoms with Gasteiger partial charge in [-0.25, -0.2) is 14.6 Å². The maximum absolute atomic E-state index is 12.3. The Kier molecular flexibility index (Phi) is 10.6. The smallest absolute Gasteiger partial charge is 0.341 e. The molecule has 0 radical (unpaired) electrons. The predicted molar refractivity (Wildman–Crippen MR) is 83.3 cm³/mol. The van der Waals surface area contributed by atoms with Crippen molar-refractivity contribution >= 4 is 5.97 Å². The van der Waals surface area contributed by atoms with Gasteiger partial charge in [0.1, 0.15) is 0 Å². The molecule has 0 aromatic rings. The fourth-order valence-corrected chi connectivity index (χ4v) is 2.11. The van der Waals surface area contributed by atoms with Crippen LogP contribution in [-0.2, 0) is 19.3 Å². The molecule has 0 aromatic heterocycles. The van der Waals surface area contributed by atoms with Crippen LogP contribution in [0.15, 0.2) is 0 Å². The van der Waals surface area contributed by atoms with Crippen LogP contribution in [0.2, 0.25) is 0 Å². The molecule has 3 unspecified atom stereocenters. The topological polar surface area (TPSA) is 85.2 Å². The lowest BCUT2D eigenvalue weighted by Gasteiger charge is -2.28. The number of hydrogen-bond donors (Lipinski definition) is 2. The zero-order valence-corrected chi connectivity index (χ0v) is 14.5. The molecular formula is C16H32O6. The minimum Gasteiger partial charge on any atom is -0.463 e. The number of rotatable bonds is 12. The molecule has 0 aromatic carbocycles. The van der Waals surface area contributed by atoms with Crippen LogP contribution in [0.5, 0.6) is 0 Å². The Morgan fingerprint density at radius 1 is 1.09 bits per heavy atom. The predicted octanol–water partition coefficient (Wildman–Crippen LogP) is 3.90. The molecule has 0 fully saturated rings. The molecule has 0 spiro atoms. The molecule has 0 amide bonds. The number of esters is 1. The molecule has 22 heavy (non-hydrogen) atoms. The summed E-state index contributed by atoms with van der Waals surface area (Å²) in [6.07, 6.45) is 2.47. The standard InChI is InChI=1S/C16H32O6/c1-6-16(22-19,10-9-14(5)21-18)15(17)20-11-13(4)8-7-12(2)3/h12-14,18-19H,6-11H2,1-5H3. The molecule has 0 aliphatic heterocycles. The van der Waals surface area contributed by atoms with Crippen LogP contribution in [-0.4, -0.2) is 34.8 Å². The molecule has 0 aliphatic carbocycles. The van der Waals surface area contributed by atoms with E-state index in [1.54, 1.807) is 13.8 Å². The third kappa shape index (κ3) is 7.54. The molecule has 6 heteroatoms. The Morgan fingerprint density at radius 2 is 1.73 bits per heavy atom. The van der Waals surface area contributed by atoms with E-state index >= 15 is 0 Å². The number of hydrogen-bond acceptors (Lipinski definition) is 6. The minimum absolute atomic E-state index is 0.209. The number of ether oxygens (including phenoxy) is 1. The summed E-state index contributed by atoms with van der Waals surface area (Å²) in [5.41, 5.74) is -1.40. The van der Waals surface area contributed by atoms with Crippen LogP contribution in [0.4, 0.5) is 0 Å². The van der Waals surface area contributed by atoms with Gasteiger partial charge in [0.05, 0.1) is 12.7 Å². The van der Waals surface area contributed by atoms with Crippen molar-refractivity contribution in [3.05, 3.63) is 0 Å². The van der Waals surface area contributed by atoms with Gasteiger partial charge in [-0.1, -0.05) is 34.1 Å². The van der Waals surface area contributed by atoms with Crippen molar-refractivity contribution in [2.24, 2.45) is 11.8 Å². The number of carbonyl (C=O) groups is 1. The van der Waals surface area contributed by atoms with Crippen molar-refractivity contribution in [3.8, 4) is 0 Å². The van der Waals surface area contributed by atoms with Crippen molar-refractivity contribution in [1.82, 2.24) is 0 Å². The van der Waals surface area contributed by atoms with Gasteiger partial charge in [0.15, 0.2) is 5.60 Å². The Labute approximate surface area is 133 Å². The third-order valence-electron chi connectivity index (χ3n) is 3.99. The molecule has 0 aliphatic rings. The van der Waals surface area contributed by atoms with E-state index in [0.29, 0.717) is 18.9 Å². The average Bonchev–Trinajstić information content (AvgIpc) is 2.51. The minimum atomic E-state index is -1.40. The molecule has 0 rings (SSSR count). The highest BCUT2D eigenvalue weighted by Crippen LogP contribution is 2.25. The van der Waals surface area contributed by atoms with Crippen LogP contribution in [0.25, 0.3) is 0 Å². The first kappa shape index (κ1) is 21.3. The lowest BCUT2D eigenvalue weighted by molar-refractivity contribution is -0.325. The van der Waals surface area contributed by atoms with Gasteiger partial charge in [-0.2, -0.15) is 0 Å². The van der Waals surface area contributed by atoms with Crippen molar-refractivity contribution in [2.75, 3.05) is 6.61 Å². The quantitative estimate of drug-likeness (QED) is 0.322. The van der Waals surface area contributed by atoms with Crippen molar-refractivity contribution in [3.63, 3.8) is 0 Å². The van der Waals surface area contributed by atoms with E-state index in [2.05, 4.69) is 23.6 Å². The fourth-order valence-electron chi connectivity index (χ4n) is 2.11. The maximum atomic E-state index is 12.3. The highest BCUT2D eigenvalue weighted by Gasteiger charge is 2.40. The third-order valence-corrected chi connectivity index (χ3v) is 3.99. The van der Waals surface area contributed by atoms with E-state index in [4.69, 9.17) is 15.3 Å². The summed E-state index contributed by atoms with van der Waals surface area (Å²) in [5.74, 6) is 0.312. The van der Waals surface area contributed by atoms with Crippen LogP contribution < -0.4 is 0 Å². The molecule has 0 bridgehead atoms. The van der Waals surface area contributed by atoms with E-state index in [0.717, 1.165) is 12.8 Å². The van der Waals surface area contributed by atoms with E-state index in [9.17, 15) is 4.79 Å². The highest BCUT2D eigenvalue weighted by atomic mass is 17.1. The summed E-state index contributed by atoms with van der Waals surface area (Å²) < 4.78 is 5.32. The van der Waals surface area contributed by atoms with E-state index in [-0.39, 0.29) is 18.8 Å². The second kappa shape index (κ2) is 10.9. The second-order valence-electron chi connectivity index (χ2n) is 6.57. The van der Waals surface area contributed by atoms with Crippen LogP contribution in [0.1, 0.15) is 66.7 Å². The van der Waals surface area contributed by atoms with Gasteiger partial charge in [0.2, 0.25) is 0 Å². The lowest BCUT2D eigenvalue weighted by atomic mass is 9.93. The van der Waals surface area contributed by atoms with Crippen molar-refractivity contribution in [1.29, 1.82) is 0 Å². The summed E-state index contributed by atoms with van der Waals surface area (Å²) >= 11 is 0. The molecule has 0 saturated heterocycles. The van der Waals surface area contributed by atoms with Gasteiger partial charge in [0, 0.05) is 0 Å². The van der Waals surface area contributed by atoms with E-state index in [1.807, 2.05) is 6.92 Å². The average molecular weight is 320 g/mol. The molecular weight excluding hydrogens is 288 g/mol. The van der Waals surface area contributed by atoms with Crippen LogP contribution in [0, 0.1) is 11.8 Å². The normalized spacial score (nSPS) is 17.1. The van der Waals surface area contributed by atoms with Gasteiger partial charge in [-0.3, -0.25) is 10.5 Å². The molecule has 3 atom stereocenters. The second-order valence-corrected chi connectivity index (χ2v) is 6.57. The van der Waals surface area contributed by atoms with Crippen molar-refractivity contribution in [2.45, 2.75) is 78.4 Å². The summed E-state index contributed by atoms with van der Waals surface area (Å²) in [7, 11) is 0. The summed E-state index contributed by atoms with van der Waals surface area (Å²) in [6, 6.07) is 0. The van der Waals surface area contributed by atoms with Gasteiger partial charge < -0.3 is 4.74 Å². The summed E-state index contributed by atoms with van der Waals surface area (Å²) in [6.45, 7) is 10.1. The van der Waals surface area contributed by atoms with Gasteiger partial charge in [-0.15, -0.1) is 0 Å². The van der Waals surface area contributed by atoms with Crippen molar-refractivity contribution < 1.29 is 29.8 Å². The summed E-state index contributed by atoms with van der Waals surface area (Å²) in [5, 5.41) is 17.7. The largest absolute Gasteiger partial charge is 0.463 e. The molecule has 0 heterocycles. The zero-order valence-electron chi connectivity index (χ0n) is 14.5. The first-order valence-electron chi connectivity index (χ1n) is 8.11.